The molecule has 1 saturated heterocycles. The molecule has 1 amide bonds. The standard InChI is InChI=1S/C25H32F2N5O9P/c1-14(2)39-22(35)15(3)30-42(37)41-17-9-7-6-8-16(17)38-13-18-21(34)25(26,27)23(40-18)32-11-10-19(29-24(32)36)28-20(33)12-31(4)5/h6-11,14-15,18,21,23,34H,12-13H2,1-5H3,(H,28,29,33,36)/t15-,18+,21+,23+/m0/s1. The van der Waals surface area contributed by atoms with Crippen LogP contribution >= 0.6 is 8.17 Å². The van der Waals surface area contributed by atoms with Crippen LogP contribution in [-0.2, 0) is 19.1 Å². The Morgan fingerprint density at radius 3 is 2.55 bits per heavy atom. The number of nitrogens with zero attached hydrogens (tertiary/aromatic N) is 4. The fourth-order valence-electron chi connectivity index (χ4n) is 3.68. The van der Waals surface area contributed by atoms with E-state index in [4.69, 9.17) is 18.7 Å². The van der Waals surface area contributed by atoms with Crippen LogP contribution in [0.2, 0.25) is 0 Å². The molecule has 0 spiro atoms. The molecule has 42 heavy (non-hydrogen) atoms. The number of aliphatic hydroxyl groups excluding tert-OH is 1. The van der Waals surface area contributed by atoms with E-state index in [-0.39, 0.29) is 23.9 Å². The van der Waals surface area contributed by atoms with Crippen LogP contribution in [0.25, 0.3) is 0 Å². The Labute approximate surface area is 240 Å². The normalized spacial score (nSPS) is 20.8. The van der Waals surface area contributed by atoms with Crippen molar-refractivity contribution in [3.05, 3.63) is 47.0 Å². The van der Waals surface area contributed by atoms with Crippen LogP contribution in [0, 0.1) is 0 Å². The average molecular weight is 616 g/mol. The average Bonchev–Trinajstić information content (AvgIpc) is 3.10. The highest BCUT2D eigenvalue weighted by molar-refractivity contribution is 7.34. The summed E-state index contributed by atoms with van der Waals surface area (Å²) < 4.78 is 55.4. The van der Waals surface area contributed by atoms with Crippen molar-refractivity contribution in [3.63, 3.8) is 0 Å². The number of amides is 1. The van der Waals surface area contributed by atoms with E-state index in [1.807, 2.05) is 0 Å². The van der Waals surface area contributed by atoms with Crippen molar-refractivity contribution in [2.45, 2.75) is 57.3 Å². The van der Waals surface area contributed by atoms with Gasteiger partial charge >= 0.3 is 25.7 Å². The summed E-state index contributed by atoms with van der Waals surface area (Å²) >= 11 is 0. The maximum Gasteiger partial charge on any atom is 0.395 e. The summed E-state index contributed by atoms with van der Waals surface area (Å²) in [6.45, 7) is 4.08. The van der Waals surface area contributed by atoms with Gasteiger partial charge in [-0.15, -0.1) is 0 Å². The molecule has 1 fully saturated rings. The highest BCUT2D eigenvalue weighted by Crippen LogP contribution is 2.43. The molecule has 0 bridgehead atoms. The number of nitrogens with one attached hydrogen (secondary N) is 1. The summed E-state index contributed by atoms with van der Waals surface area (Å²) in [4.78, 5) is 53.9. The molecule has 2 heterocycles. The van der Waals surface area contributed by atoms with E-state index in [9.17, 15) is 24.4 Å². The van der Waals surface area contributed by atoms with Gasteiger partial charge in [-0.25, -0.2) is 9.59 Å². The van der Waals surface area contributed by atoms with E-state index in [1.54, 1.807) is 32.8 Å². The van der Waals surface area contributed by atoms with Crippen LogP contribution in [0.5, 0.6) is 11.5 Å². The van der Waals surface area contributed by atoms with Crippen molar-refractivity contribution < 1.29 is 47.1 Å². The maximum atomic E-state index is 15.0. The lowest BCUT2D eigenvalue weighted by atomic mass is 10.1. The van der Waals surface area contributed by atoms with E-state index in [1.165, 1.54) is 31.2 Å². The van der Waals surface area contributed by atoms with Gasteiger partial charge in [0.05, 0.1) is 12.6 Å². The quantitative estimate of drug-likeness (QED) is 0.260. The van der Waals surface area contributed by atoms with Crippen LogP contribution in [0.3, 0.4) is 0 Å². The largest absolute Gasteiger partial charge is 0.575 e. The molecular formula is C25H32F2N5O9P. The molecule has 3 rings (SSSR count). The molecule has 17 heteroatoms. The number of para-hydroxylation sites is 2. The fourth-order valence-corrected chi connectivity index (χ4v) is 4.42. The molecule has 0 radical (unpaired) electrons. The van der Waals surface area contributed by atoms with Crippen LogP contribution in [0.1, 0.15) is 27.0 Å². The summed E-state index contributed by atoms with van der Waals surface area (Å²) in [5, 5.41) is 12.7. The van der Waals surface area contributed by atoms with Crippen molar-refractivity contribution in [3.8, 4) is 11.5 Å². The number of rotatable bonds is 12. The maximum absolute atomic E-state index is 15.0. The van der Waals surface area contributed by atoms with Gasteiger partial charge in [-0.1, -0.05) is 16.9 Å². The predicted octanol–water partition coefficient (Wildman–Crippen LogP) is 1.29. The van der Waals surface area contributed by atoms with E-state index in [0.717, 1.165) is 12.3 Å². The van der Waals surface area contributed by atoms with Gasteiger partial charge in [-0.2, -0.15) is 13.8 Å². The van der Waals surface area contributed by atoms with Crippen molar-refractivity contribution in [1.82, 2.24) is 14.5 Å². The molecule has 0 saturated carbocycles. The van der Waals surface area contributed by atoms with Crippen molar-refractivity contribution in [2.75, 3.05) is 32.6 Å². The number of likely N-dealkylation sites (N-methyl/N-ethyl adjacent to an activating group) is 1. The molecular weight excluding hydrogens is 583 g/mol. The Morgan fingerprint density at radius 1 is 1.26 bits per heavy atom. The Balaban J connectivity index is 1.69. The first-order valence-electron chi connectivity index (χ1n) is 12.7. The summed E-state index contributed by atoms with van der Waals surface area (Å²) in [5.41, 5.74) is -1.14. The number of ether oxygens (including phenoxy) is 3. The molecule has 2 aromatic rings. The molecule has 5 atom stereocenters. The molecule has 1 aliphatic rings. The first-order chi connectivity index (χ1) is 19.7. The monoisotopic (exact) mass is 615 g/mol. The Morgan fingerprint density at radius 2 is 1.93 bits per heavy atom. The third-order valence-corrected chi connectivity index (χ3v) is 6.47. The number of aliphatic hydroxyl groups is 1. The minimum atomic E-state index is -3.92. The fraction of sp³-hybridized carbons (Fsp3) is 0.520. The molecule has 14 nitrogen and oxygen atoms in total. The lowest BCUT2D eigenvalue weighted by molar-refractivity contribution is -0.170. The summed E-state index contributed by atoms with van der Waals surface area (Å²) in [7, 11) is 0.572. The number of carbonyl (C=O) groups is 2. The predicted molar refractivity (Wildman–Crippen MR) is 143 cm³/mol. The number of carbonyl (C=O) groups excluding carboxylic acids is 2. The van der Waals surface area contributed by atoms with Crippen molar-refractivity contribution >= 4 is 25.9 Å². The number of alkyl halides is 2. The molecule has 1 aliphatic heterocycles. The molecule has 2 N–H and O–H groups in total. The van der Waals surface area contributed by atoms with Gasteiger partial charge in [0.15, 0.2) is 17.9 Å². The van der Waals surface area contributed by atoms with E-state index < -0.39 is 68.8 Å². The Bertz CT molecular complexity index is 1360. The Kier molecular flexibility index (Phi) is 11.0. The number of hydrogen-bond donors (Lipinski definition) is 2. The molecule has 1 aromatic heterocycles. The van der Waals surface area contributed by atoms with Gasteiger partial charge in [-0.05, 0) is 53.1 Å². The minimum absolute atomic E-state index is 0.00787. The highest BCUT2D eigenvalue weighted by atomic mass is 31.1. The van der Waals surface area contributed by atoms with E-state index >= 15 is 8.78 Å². The highest BCUT2D eigenvalue weighted by Gasteiger charge is 2.60. The third kappa shape index (κ3) is 8.49. The van der Waals surface area contributed by atoms with Crippen LogP contribution in [-0.4, -0.2) is 89.0 Å². The second-order valence-electron chi connectivity index (χ2n) is 9.80. The number of esters is 1. The number of anilines is 1. The van der Waals surface area contributed by atoms with Gasteiger partial charge in [0.2, 0.25) is 17.9 Å². The van der Waals surface area contributed by atoms with Gasteiger partial charge in [0, 0.05) is 6.20 Å². The topological polar surface area (TPSA) is 177 Å². The lowest BCUT2D eigenvalue weighted by Crippen LogP contribution is -2.42. The molecule has 230 valence electrons. The zero-order valence-corrected chi connectivity index (χ0v) is 24.4. The first-order valence-corrected chi connectivity index (χ1v) is 13.9. The van der Waals surface area contributed by atoms with Gasteiger partial charge in [0.1, 0.15) is 18.5 Å². The number of aromatic nitrogens is 2. The second-order valence-corrected chi connectivity index (χ2v) is 10.7. The summed E-state index contributed by atoms with van der Waals surface area (Å²) in [6.07, 6.45) is -5.62. The third-order valence-electron chi connectivity index (χ3n) is 5.58. The zero-order chi connectivity index (χ0) is 31.2. The first kappa shape index (κ1) is 32.9. The second kappa shape index (κ2) is 14.1. The smallest absolute Gasteiger partial charge is 0.395 e. The number of halogens is 2. The molecule has 1 aromatic carbocycles. The SMILES string of the molecule is CC(C)OC(=O)[C@H](C)N=[P+]([O-])Oc1ccccc1OC[C@H]1O[C@@H](n2ccc(NC(=O)CN(C)C)nc2=O)C(F)(F)[C@@H]1O. The van der Waals surface area contributed by atoms with Gasteiger partial charge < -0.3 is 34.4 Å². The summed E-state index contributed by atoms with van der Waals surface area (Å²) in [5.74, 6) is -5.33. The van der Waals surface area contributed by atoms with Crippen LogP contribution in [0.4, 0.5) is 14.6 Å². The van der Waals surface area contributed by atoms with Crippen LogP contribution in [0.15, 0.2) is 46.1 Å². The number of benzene rings is 1. The lowest BCUT2D eigenvalue weighted by Gasteiger charge is -2.21. The minimum Gasteiger partial charge on any atom is -0.575 e. The van der Waals surface area contributed by atoms with E-state index in [0.29, 0.717) is 4.57 Å². The molecule has 1 unspecified atom stereocenters. The Hall–Kier alpha value is -3.56. The molecule has 0 aliphatic carbocycles. The van der Waals surface area contributed by atoms with Gasteiger partial charge in [-0.3, -0.25) is 13.9 Å². The van der Waals surface area contributed by atoms with Crippen molar-refractivity contribution in [1.29, 1.82) is 0 Å². The number of hydrogen-bond acceptors (Lipinski definition) is 12. The van der Waals surface area contributed by atoms with Gasteiger partial charge in [0.25, 0.3) is 0 Å². The summed E-state index contributed by atoms with van der Waals surface area (Å²) in [6, 6.07) is 5.90. The zero-order valence-electron chi connectivity index (χ0n) is 23.5. The van der Waals surface area contributed by atoms with E-state index in [2.05, 4.69) is 15.0 Å². The van der Waals surface area contributed by atoms with Crippen molar-refractivity contribution in [2.24, 2.45) is 4.74 Å². The van der Waals surface area contributed by atoms with Crippen LogP contribution < -0.4 is 25.2 Å².